The molecule has 2 atom stereocenters. The largest absolute Gasteiger partial charge is 0.445 e. The zero-order valence-corrected chi connectivity index (χ0v) is 10.0. The van der Waals surface area contributed by atoms with Gasteiger partial charge in [0.2, 0.25) is 0 Å². The summed E-state index contributed by atoms with van der Waals surface area (Å²) in [5.41, 5.74) is 0.993. The molecule has 0 spiro atoms. The Hall–Kier alpha value is -0.870. The van der Waals surface area contributed by atoms with E-state index in [9.17, 15) is 0 Å². The van der Waals surface area contributed by atoms with Crippen LogP contribution in [0.5, 0.6) is 0 Å². The summed E-state index contributed by atoms with van der Waals surface area (Å²) in [5, 5.41) is 3.33. The third kappa shape index (κ3) is 2.62. The summed E-state index contributed by atoms with van der Waals surface area (Å²) in [7, 11) is 0. The quantitative estimate of drug-likeness (QED) is 0.780. The summed E-state index contributed by atoms with van der Waals surface area (Å²) in [5.74, 6) is 0.910. The van der Waals surface area contributed by atoms with Crippen molar-refractivity contribution in [2.75, 3.05) is 6.54 Å². The van der Waals surface area contributed by atoms with Crippen LogP contribution < -0.4 is 5.32 Å². The minimum Gasteiger partial charge on any atom is -0.445 e. The molecule has 0 saturated carbocycles. The summed E-state index contributed by atoms with van der Waals surface area (Å²) in [6.07, 6.45) is 5.24. The summed E-state index contributed by atoms with van der Waals surface area (Å²) < 4.78 is 11.2. The van der Waals surface area contributed by atoms with Gasteiger partial charge in [0.05, 0.1) is 11.8 Å². The van der Waals surface area contributed by atoms with Crippen molar-refractivity contribution in [3.8, 4) is 0 Å². The Balaban J connectivity index is 1.96. The van der Waals surface area contributed by atoms with Crippen LogP contribution in [-0.2, 0) is 11.3 Å². The van der Waals surface area contributed by atoms with Gasteiger partial charge in [-0.2, -0.15) is 0 Å². The van der Waals surface area contributed by atoms with E-state index in [4.69, 9.17) is 9.15 Å². The first-order valence-electron chi connectivity index (χ1n) is 6.09. The van der Waals surface area contributed by atoms with E-state index in [1.54, 1.807) is 0 Å². The maximum atomic E-state index is 5.79. The van der Waals surface area contributed by atoms with Gasteiger partial charge < -0.3 is 14.5 Å². The number of hydrogen-bond acceptors (Lipinski definition) is 4. The first kappa shape index (κ1) is 11.6. The van der Waals surface area contributed by atoms with E-state index in [0.29, 0.717) is 6.10 Å². The lowest BCUT2D eigenvalue weighted by Gasteiger charge is -2.09. The lowest BCUT2D eigenvalue weighted by atomic mass is 10.1. The number of nitrogens with one attached hydrogen (secondary N) is 1. The molecule has 1 aromatic rings. The van der Waals surface area contributed by atoms with E-state index in [2.05, 4.69) is 24.1 Å². The van der Waals surface area contributed by atoms with E-state index < -0.39 is 0 Å². The van der Waals surface area contributed by atoms with Gasteiger partial charge in [-0.1, -0.05) is 6.92 Å². The highest BCUT2D eigenvalue weighted by molar-refractivity contribution is 5.11. The standard InChI is InChI=1S/C12H20N2O2/c1-3-6-13-7-10-12(15-8-14-10)11-5-4-9(2)16-11/h8-9,11,13H,3-7H2,1-2H3. The molecule has 1 saturated heterocycles. The number of aromatic nitrogens is 1. The van der Waals surface area contributed by atoms with Crippen LogP contribution in [-0.4, -0.2) is 17.6 Å². The van der Waals surface area contributed by atoms with Gasteiger partial charge in [0.1, 0.15) is 6.10 Å². The van der Waals surface area contributed by atoms with Crippen molar-refractivity contribution in [2.45, 2.75) is 51.9 Å². The topological polar surface area (TPSA) is 47.3 Å². The van der Waals surface area contributed by atoms with Crippen molar-refractivity contribution >= 4 is 0 Å². The highest BCUT2D eigenvalue weighted by Crippen LogP contribution is 2.33. The fourth-order valence-corrected chi connectivity index (χ4v) is 2.05. The average Bonchev–Trinajstić information content (AvgIpc) is 2.87. The van der Waals surface area contributed by atoms with Crippen LogP contribution in [0.4, 0.5) is 0 Å². The third-order valence-electron chi connectivity index (χ3n) is 2.92. The molecule has 90 valence electrons. The molecule has 4 nitrogen and oxygen atoms in total. The second-order valence-corrected chi connectivity index (χ2v) is 4.35. The van der Waals surface area contributed by atoms with Crippen molar-refractivity contribution in [1.82, 2.24) is 10.3 Å². The maximum absolute atomic E-state index is 5.79. The first-order valence-corrected chi connectivity index (χ1v) is 6.09. The monoisotopic (exact) mass is 224 g/mol. The SMILES string of the molecule is CCCNCc1ncoc1C1CCC(C)O1. The fourth-order valence-electron chi connectivity index (χ4n) is 2.05. The predicted octanol–water partition coefficient (Wildman–Crippen LogP) is 2.41. The third-order valence-corrected chi connectivity index (χ3v) is 2.92. The van der Waals surface area contributed by atoms with Gasteiger partial charge in [-0.15, -0.1) is 0 Å². The van der Waals surface area contributed by atoms with E-state index in [-0.39, 0.29) is 6.10 Å². The molecule has 0 aliphatic carbocycles. The first-order chi connectivity index (χ1) is 7.81. The number of ether oxygens (including phenoxy) is 1. The molecule has 1 fully saturated rings. The Labute approximate surface area is 96.4 Å². The van der Waals surface area contributed by atoms with Crippen molar-refractivity contribution in [3.05, 3.63) is 17.8 Å². The summed E-state index contributed by atoms with van der Waals surface area (Å²) in [6.45, 7) is 6.03. The van der Waals surface area contributed by atoms with Gasteiger partial charge in [0, 0.05) is 6.54 Å². The number of rotatable bonds is 5. The Morgan fingerprint density at radius 3 is 3.06 bits per heavy atom. The molecule has 0 radical (unpaired) electrons. The molecule has 1 N–H and O–H groups in total. The van der Waals surface area contributed by atoms with Crippen LogP contribution >= 0.6 is 0 Å². The Morgan fingerprint density at radius 1 is 1.50 bits per heavy atom. The summed E-state index contributed by atoms with van der Waals surface area (Å²) in [4.78, 5) is 4.25. The van der Waals surface area contributed by atoms with Crippen molar-refractivity contribution in [3.63, 3.8) is 0 Å². The lowest BCUT2D eigenvalue weighted by molar-refractivity contribution is 0.0417. The van der Waals surface area contributed by atoms with Crippen molar-refractivity contribution in [1.29, 1.82) is 0 Å². The van der Waals surface area contributed by atoms with E-state index in [1.807, 2.05) is 0 Å². The van der Waals surface area contributed by atoms with Crippen LogP contribution in [0.1, 0.15) is 50.7 Å². The molecule has 2 rings (SSSR count). The molecule has 4 heteroatoms. The molecular weight excluding hydrogens is 204 g/mol. The van der Waals surface area contributed by atoms with Crippen LogP contribution in [0.15, 0.2) is 10.8 Å². The average molecular weight is 224 g/mol. The smallest absolute Gasteiger partial charge is 0.181 e. The Bertz CT molecular complexity index is 325. The molecule has 0 bridgehead atoms. The van der Waals surface area contributed by atoms with Crippen molar-refractivity contribution < 1.29 is 9.15 Å². The molecule has 1 aliphatic rings. The molecule has 0 aromatic carbocycles. The highest BCUT2D eigenvalue weighted by Gasteiger charge is 2.28. The molecule has 1 aliphatic heterocycles. The lowest BCUT2D eigenvalue weighted by Crippen LogP contribution is -2.16. The molecule has 16 heavy (non-hydrogen) atoms. The van der Waals surface area contributed by atoms with Gasteiger partial charge in [-0.3, -0.25) is 0 Å². The van der Waals surface area contributed by atoms with E-state index in [1.165, 1.54) is 6.39 Å². The van der Waals surface area contributed by atoms with Crippen LogP contribution in [0.2, 0.25) is 0 Å². The number of nitrogens with zero attached hydrogens (tertiary/aromatic N) is 1. The van der Waals surface area contributed by atoms with Gasteiger partial charge in [0.25, 0.3) is 0 Å². The van der Waals surface area contributed by atoms with Gasteiger partial charge in [0.15, 0.2) is 12.2 Å². The fraction of sp³-hybridized carbons (Fsp3) is 0.750. The van der Waals surface area contributed by atoms with Gasteiger partial charge >= 0.3 is 0 Å². The maximum Gasteiger partial charge on any atom is 0.181 e. The van der Waals surface area contributed by atoms with Gasteiger partial charge in [-0.25, -0.2) is 4.98 Å². The van der Waals surface area contributed by atoms with Crippen LogP contribution in [0.25, 0.3) is 0 Å². The predicted molar refractivity (Wildman–Crippen MR) is 61.0 cm³/mol. The van der Waals surface area contributed by atoms with Crippen molar-refractivity contribution in [2.24, 2.45) is 0 Å². The Morgan fingerprint density at radius 2 is 2.38 bits per heavy atom. The highest BCUT2D eigenvalue weighted by atomic mass is 16.5. The number of hydrogen-bond donors (Lipinski definition) is 1. The molecular formula is C12H20N2O2. The zero-order chi connectivity index (χ0) is 11.4. The normalized spacial score (nSPS) is 25.1. The number of oxazole rings is 1. The minimum atomic E-state index is 0.107. The van der Waals surface area contributed by atoms with Crippen LogP contribution in [0.3, 0.4) is 0 Å². The second-order valence-electron chi connectivity index (χ2n) is 4.35. The zero-order valence-electron chi connectivity index (χ0n) is 10.0. The Kier molecular flexibility index (Phi) is 3.96. The van der Waals surface area contributed by atoms with E-state index >= 15 is 0 Å². The van der Waals surface area contributed by atoms with Gasteiger partial charge in [-0.05, 0) is 32.7 Å². The second kappa shape index (κ2) is 5.46. The molecule has 2 unspecified atom stereocenters. The van der Waals surface area contributed by atoms with E-state index in [0.717, 1.165) is 43.8 Å². The summed E-state index contributed by atoms with van der Waals surface area (Å²) in [6, 6.07) is 0. The molecule has 1 aromatic heterocycles. The minimum absolute atomic E-state index is 0.107. The molecule has 2 heterocycles. The van der Waals surface area contributed by atoms with Crippen LogP contribution in [0, 0.1) is 0 Å². The molecule has 0 amide bonds. The summed E-state index contributed by atoms with van der Waals surface area (Å²) >= 11 is 0.